The fourth-order valence-electron chi connectivity index (χ4n) is 3.82. The third-order valence-corrected chi connectivity index (χ3v) is 5.77. The van der Waals surface area contributed by atoms with Crippen molar-refractivity contribution in [2.45, 2.75) is 58.3 Å². The smallest absolute Gasteiger partial charge is 0.306 e. The molecular weight excluding hydrogens is 433 g/mol. The van der Waals surface area contributed by atoms with Crippen LogP contribution in [0.15, 0.2) is 18.2 Å². The summed E-state index contributed by atoms with van der Waals surface area (Å²) in [7, 11) is 4.05. The molecule has 1 saturated heterocycles. The monoisotopic (exact) mass is 469 g/mol. The molecule has 32 heavy (non-hydrogen) atoms. The normalized spacial score (nSPS) is 17.9. The Balaban J connectivity index is 2.19. The molecule has 0 radical (unpaired) electrons. The summed E-state index contributed by atoms with van der Waals surface area (Å²) in [6.45, 7) is 4.81. The van der Waals surface area contributed by atoms with Crippen LogP contribution in [0.1, 0.15) is 55.5 Å². The molecule has 0 aromatic heterocycles. The lowest BCUT2D eigenvalue weighted by Gasteiger charge is -2.29. The van der Waals surface area contributed by atoms with E-state index >= 15 is 0 Å². The van der Waals surface area contributed by atoms with E-state index in [9.17, 15) is 9.59 Å². The van der Waals surface area contributed by atoms with Crippen LogP contribution in [0.5, 0.6) is 5.75 Å². The summed E-state index contributed by atoms with van der Waals surface area (Å²) in [5, 5.41) is 8.92. The molecule has 2 N–H and O–H groups in total. The fraction of sp³-hybridized carbons (Fsp3) is 0.652. The second-order valence-electron chi connectivity index (χ2n) is 8.21. The van der Waals surface area contributed by atoms with Crippen molar-refractivity contribution < 1.29 is 33.7 Å². The fourth-order valence-corrected chi connectivity index (χ4v) is 3.92. The van der Waals surface area contributed by atoms with Crippen LogP contribution in [0.2, 0.25) is 0 Å². The first kappa shape index (κ1) is 26.7. The molecule has 2 rings (SSSR count). The number of benzene rings is 1. The van der Waals surface area contributed by atoms with Crippen LogP contribution in [-0.2, 0) is 25.7 Å². The lowest BCUT2D eigenvalue weighted by molar-refractivity contribution is -0.144. The molecule has 1 unspecified atom stereocenters. The van der Waals surface area contributed by atoms with Gasteiger partial charge in [-0.25, -0.2) is 0 Å². The van der Waals surface area contributed by atoms with Gasteiger partial charge in [0.2, 0.25) is 0 Å². The number of rotatable bonds is 15. The molecule has 0 spiro atoms. The first-order chi connectivity index (χ1) is 15.4. The van der Waals surface area contributed by atoms with E-state index in [-0.39, 0.29) is 42.3 Å². The van der Waals surface area contributed by atoms with Crippen LogP contribution in [0.3, 0.4) is 0 Å². The summed E-state index contributed by atoms with van der Waals surface area (Å²) in [5.74, 6) is 0.225. The first-order valence-corrected chi connectivity index (χ1v) is 11.9. The van der Waals surface area contributed by atoms with Gasteiger partial charge in [0.05, 0.1) is 26.1 Å². The van der Waals surface area contributed by atoms with Crippen LogP contribution < -0.4 is 10.2 Å². The second kappa shape index (κ2) is 13.9. The maximum absolute atomic E-state index is 13.5. The summed E-state index contributed by atoms with van der Waals surface area (Å²) in [6, 6.07) is 5.08. The molecule has 0 amide bonds. The quantitative estimate of drug-likeness (QED) is 0.133. The van der Waals surface area contributed by atoms with E-state index in [2.05, 4.69) is 14.7 Å². The molecule has 180 valence electrons. The molecule has 0 bridgehead atoms. The molecule has 1 fully saturated rings. The third kappa shape index (κ3) is 7.78. The predicted octanol–water partition coefficient (Wildman–Crippen LogP) is 2.87. The summed E-state index contributed by atoms with van der Waals surface area (Å²) < 4.78 is 16.5. The van der Waals surface area contributed by atoms with E-state index < -0.39 is 0 Å². The highest BCUT2D eigenvalue weighted by atomic mass is 31.0. The van der Waals surface area contributed by atoms with Crippen molar-refractivity contribution in [3.8, 4) is 5.75 Å². The Morgan fingerprint density at radius 2 is 2.16 bits per heavy atom. The number of nitrogens with one attached hydrogen (secondary N) is 1. The van der Waals surface area contributed by atoms with Gasteiger partial charge in [-0.15, -0.1) is 9.24 Å². The molecule has 4 atom stereocenters. The average molecular weight is 470 g/mol. The van der Waals surface area contributed by atoms with E-state index in [1.165, 1.54) is 0 Å². The second-order valence-corrected chi connectivity index (χ2v) is 8.54. The summed E-state index contributed by atoms with van der Waals surface area (Å²) in [5.41, 5.74) is 4.35. The van der Waals surface area contributed by atoms with Gasteiger partial charge in [-0.2, -0.15) is 5.48 Å². The van der Waals surface area contributed by atoms with Crippen LogP contribution in [-0.4, -0.2) is 55.7 Å². The molecule has 0 aliphatic carbocycles. The van der Waals surface area contributed by atoms with Gasteiger partial charge in [0.25, 0.3) is 0 Å². The topological polar surface area (TPSA) is 103 Å². The number of aliphatic hydroxyl groups is 1. The minimum Gasteiger partial charge on any atom is -0.496 e. The van der Waals surface area contributed by atoms with E-state index in [0.717, 1.165) is 5.56 Å². The third-order valence-electron chi connectivity index (χ3n) is 5.60. The number of hydroxylamine groups is 1. The van der Waals surface area contributed by atoms with Gasteiger partial charge >= 0.3 is 5.97 Å². The van der Waals surface area contributed by atoms with Crippen molar-refractivity contribution in [2.75, 3.05) is 26.7 Å². The van der Waals surface area contributed by atoms with Crippen LogP contribution in [0, 0.1) is 11.8 Å². The number of Topliss-reactive ketones (excluding diaryl/α,β-unsaturated/α-hetero) is 1. The SMILES string of the molecule is COc1ccc(C(=O)[C@@H](C[C@H](NOCP)[C@@H]2CCC(=O)O2)C(C)C)cc1COCCCO. The van der Waals surface area contributed by atoms with Crippen molar-refractivity contribution in [3.63, 3.8) is 0 Å². The van der Waals surface area contributed by atoms with Crippen molar-refractivity contribution >= 4 is 21.0 Å². The standard InChI is InChI=1S/C23H36NO7P/c1-15(2)18(12-19(24-30-14-32)21-7-8-22(26)31-21)23(27)16-5-6-20(28-3)17(11-16)13-29-10-4-9-25/h5-6,11,15,18-19,21,24-25H,4,7-10,12-14,32H2,1-3H3/t18-,19-,21-/m0/s1. The Labute approximate surface area is 192 Å². The highest BCUT2D eigenvalue weighted by molar-refractivity contribution is 7.16. The van der Waals surface area contributed by atoms with Gasteiger partial charge < -0.3 is 19.3 Å². The van der Waals surface area contributed by atoms with Gasteiger partial charge in [-0.05, 0) is 43.4 Å². The molecule has 0 saturated carbocycles. The minimum atomic E-state index is -0.320. The number of hydrogen-bond donors (Lipinski definition) is 2. The molecule has 9 heteroatoms. The Bertz CT molecular complexity index is 743. The largest absolute Gasteiger partial charge is 0.496 e. The lowest BCUT2D eigenvalue weighted by Crippen LogP contribution is -2.43. The van der Waals surface area contributed by atoms with Gasteiger partial charge in [0.15, 0.2) is 5.78 Å². The highest BCUT2D eigenvalue weighted by Gasteiger charge is 2.36. The Kier molecular flexibility index (Phi) is 11.6. The van der Waals surface area contributed by atoms with Crippen LogP contribution in [0.25, 0.3) is 0 Å². The number of hydrogen-bond acceptors (Lipinski definition) is 8. The molecule has 1 aliphatic heterocycles. The summed E-state index contributed by atoms with van der Waals surface area (Å²) in [6.07, 6.45) is 2.08. The van der Waals surface area contributed by atoms with Crippen molar-refractivity contribution in [1.29, 1.82) is 0 Å². The lowest BCUT2D eigenvalue weighted by atomic mass is 9.81. The van der Waals surface area contributed by atoms with Gasteiger partial charge in [-0.1, -0.05) is 13.8 Å². The van der Waals surface area contributed by atoms with Crippen molar-refractivity contribution in [2.24, 2.45) is 11.8 Å². The van der Waals surface area contributed by atoms with Crippen molar-refractivity contribution in [3.05, 3.63) is 29.3 Å². The summed E-state index contributed by atoms with van der Waals surface area (Å²) in [4.78, 5) is 30.5. The molecule has 1 aliphatic rings. The molecule has 1 aromatic carbocycles. The Hall–Kier alpha value is -1.57. The number of carbonyl (C=O) groups excluding carboxylic acids is 2. The number of ether oxygens (including phenoxy) is 3. The maximum Gasteiger partial charge on any atom is 0.306 e. The van der Waals surface area contributed by atoms with Crippen LogP contribution >= 0.6 is 9.24 Å². The minimum absolute atomic E-state index is 0.0151. The van der Waals surface area contributed by atoms with E-state index in [4.69, 9.17) is 24.2 Å². The van der Waals surface area contributed by atoms with Crippen LogP contribution in [0.4, 0.5) is 0 Å². The number of esters is 1. The zero-order valence-electron chi connectivity index (χ0n) is 19.2. The van der Waals surface area contributed by atoms with Gasteiger partial charge in [0, 0.05) is 36.7 Å². The molecule has 1 aromatic rings. The number of ketones is 1. The number of cyclic esters (lactones) is 1. The average Bonchev–Trinajstić information content (AvgIpc) is 3.22. The predicted molar refractivity (Wildman–Crippen MR) is 123 cm³/mol. The molecule has 8 nitrogen and oxygen atoms in total. The van der Waals surface area contributed by atoms with E-state index in [0.29, 0.717) is 56.6 Å². The maximum atomic E-state index is 13.5. The number of aliphatic hydroxyl groups excluding tert-OH is 1. The zero-order valence-corrected chi connectivity index (χ0v) is 20.3. The van der Waals surface area contributed by atoms with E-state index in [1.54, 1.807) is 19.2 Å². The summed E-state index contributed by atoms with van der Waals surface area (Å²) >= 11 is 0. The van der Waals surface area contributed by atoms with E-state index in [1.807, 2.05) is 19.9 Å². The van der Waals surface area contributed by atoms with Gasteiger partial charge in [0.1, 0.15) is 11.9 Å². The molecular formula is C23H36NO7P. The first-order valence-electron chi connectivity index (χ1n) is 11.1. The number of methoxy groups -OCH3 is 1. The Morgan fingerprint density at radius 3 is 2.75 bits per heavy atom. The van der Waals surface area contributed by atoms with Crippen molar-refractivity contribution in [1.82, 2.24) is 5.48 Å². The zero-order chi connectivity index (χ0) is 23.5. The number of carbonyl (C=O) groups is 2. The molecule has 1 heterocycles. The Morgan fingerprint density at radius 1 is 1.38 bits per heavy atom. The highest BCUT2D eigenvalue weighted by Crippen LogP contribution is 2.29. The van der Waals surface area contributed by atoms with Gasteiger partial charge in [-0.3, -0.25) is 14.4 Å².